The van der Waals surface area contributed by atoms with Crippen molar-refractivity contribution < 1.29 is 4.39 Å². The molecule has 0 radical (unpaired) electrons. The van der Waals surface area contributed by atoms with Gasteiger partial charge in [0.1, 0.15) is 10.8 Å². The van der Waals surface area contributed by atoms with Crippen LogP contribution in [0.1, 0.15) is 31.4 Å². The van der Waals surface area contributed by atoms with E-state index in [4.69, 9.17) is 18.0 Å². The molecule has 18 heavy (non-hydrogen) atoms. The summed E-state index contributed by atoms with van der Waals surface area (Å²) in [5.41, 5.74) is 6.86. The van der Waals surface area contributed by atoms with Crippen LogP contribution in [0, 0.1) is 11.7 Å². The molecule has 0 heterocycles. The second-order valence-corrected chi connectivity index (χ2v) is 5.33. The van der Waals surface area contributed by atoms with Crippen LogP contribution in [-0.2, 0) is 6.54 Å². The van der Waals surface area contributed by atoms with Gasteiger partial charge in [-0.1, -0.05) is 38.6 Å². The Morgan fingerprint density at radius 2 is 2.17 bits per heavy atom. The summed E-state index contributed by atoms with van der Waals surface area (Å²) in [7, 11) is 2.07. The first-order valence-electron chi connectivity index (χ1n) is 6.20. The Balaban J connectivity index is 2.73. The Labute approximate surface area is 114 Å². The molecule has 0 saturated heterocycles. The Bertz CT molecular complexity index is 420. The van der Waals surface area contributed by atoms with E-state index in [0.29, 0.717) is 11.5 Å². The van der Waals surface area contributed by atoms with Crippen LogP contribution >= 0.6 is 12.2 Å². The van der Waals surface area contributed by atoms with Gasteiger partial charge in [-0.15, -0.1) is 0 Å². The molecule has 0 amide bonds. The second kappa shape index (κ2) is 6.81. The summed E-state index contributed by atoms with van der Waals surface area (Å²) in [6.07, 6.45) is 1.16. The van der Waals surface area contributed by atoms with Gasteiger partial charge in [-0.25, -0.2) is 4.39 Å². The monoisotopic (exact) mass is 268 g/mol. The summed E-state index contributed by atoms with van der Waals surface area (Å²) < 4.78 is 13.4. The summed E-state index contributed by atoms with van der Waals surface area (Å²) in [4.78, 5) is 2.34. The molecule has 0 aliphatic carbocycles. The van der Waals surface area contributed by atoms with Crippen molar-refractivity contribution in [2.75, 3.05) is 13.6 Å². The van der Waals surface area contributed by atoms with Gasteiger partial charge in [0, 0.05) is 18.7 Å². The van der Waals surface area contributed by atoms with Gasteiger partial charge in [0.25, 0.3) is 0 Å². The van der Waals surface area contributed by atoms with E-state index in [2.05, 4.69) is 25.8 Å². The number of hydrogen-bond donors (Lipinski definition) is 1. The molecular formula is C14H21FN2S. The van der Waals surface area contributed by atoms with E-state index in [1.165, 1.54) is 6.07 Å². The van der Waals surface area contributed by atoms with E-state index in [1.807, 2.05) is 0 Å². The molecule has 0 spiro atoms. The topological polar surface area (TPSA) is 29.3 Å². The molecule has 100 valence electrons. The van der Waals surface area contributed by atoms with Crippen LogP contribution in [0.25, 0.3) is 0 Å². The third-order valence-corrected chi connectivity index (χ3v) is 3.29. The van der Waals surface area contributed by atoms with Gasteiger partial charge in [-0.3, -0.25) is 0 Å². The number of thiocarbonyl (C=S) groups is 1. The van der Waals surface area contributed by atoms with E-state index >= 15 is 0 Å². The van der Waals surface area contributed by atoms with Crippen molar-refractivity contribution in [3.63, 3.8) is 0 Å². The van der Waals surface area contributed by atoms with Crippen LogP contribution < -0.4 is 5.73 Å². The fourth-order valence-electron chi connectivity index (χ4n) is 1.90. The van der Waals surface area contributed by atoms with E-state index in [-0.39, 0.29) is 10.8 Å². The Hall–Kier alpha value is -1.00. The zero-order valence-corrected chi connectivity index (χ0v) is 12.1. The van der Waals surface area contributed by atoms with Gasteiger partial charge in [0.2, 0.25) is 0 Å². The van der Waals surface area contributed by atoms with Gasteiger partial charge < -0.3 is 10.6 Å². The molecule has 1 unspecified atom stereocenters. The molecule has 0 saturated carbocycles. The Morgan fingerprint density at radius 1 is 1.50 bits per heavy atom. The lowest BCUT2D eigenvalue weighted by Crippen LogP contribution is -2.24. The molecule has 1 rings (SSSR count). The van der Waals surface area contributed by atoms with E-state index in [9.17, 15) is 4.39 Å². The van der Waals surface area contributed by atoms with Crippen LogP contribution in [0.2, 0.25) is 0 Å². The molecule has 0 aliphatic rings. The van der Waals surface area contributed by atoms with Crippen LogP contribution in [0.15, 0.2) is 18.2 Å². The maximum Gasteiger partial charge on any atom is 0.133 e. The summed E-state index contributed by atoms with van der Waals surface area (Å²) in [5, 5.41) is 0. The Kier molecular flexibility index (Phi) is 5.69. The highest BCUT2D eigenvalue weighted by Crippen LogP contribution is 2.13. The van der Waals surface area contributed by atoms with Crippen LogP contribution in [0.3, 0.4) is 0 Å². The normalized spacial score (nSPS) is 12.7. The van der Waals surface area contributed by atoms with Gasteiger partial charge in [0.05, 0.1) is 0 Å². The van der Waals surface area contributed by atoms with Crippen molar-refractivity contribution in [1.29, 1.82) is 0 Å². The third kappa shape index (κ3) is 4.35. The number of hydrogen-bond acceptors (Lipinski definition) is 2. The molecular weight excluding hydrogens is 247 g/mol. The van der Waals surface area contributed by atoms with Crippen molar-refractivity contribution in [2.45, 2.75) is 26.8 Å². The molecule has 1 aromatic rings. The van der Waals surface area contributed by atoms with Gasteiger partial charge in [0.15, 0.2) is 0 Å². The first-order valence-corrected chi connectivity index (χ1v) is 6.61. The highest BCUT2D eigenvalue weighted by molar-refractivity contribution is 7.80. The average Bonchev–Trinajstić information content (AvgIpc) is 2.31. The fourth-order valence-corrected chi connectivity index (χ4v) is 2.05. The second-order valence-electron chi connectivity index (χ2n) is 4.89. The van der Waals surface area contributed by atoms with E-state index < -0.39 is 0 Å². The molecule has 2 N–H and O–H groups in total. The summed E-state index contributed by atoms with van der Waals surface area (Å²) >= 11 is 4.84. The minimum Gasteiger partial charge on any atom is -0.389 e. The smallest absolute Gasteiger partial charge is 0.133 e. The average molecular weight is 268 g/mol. The Morgan fingerprint density at radius 3 is 2.72 bits per heavy atom. The van der Waals surface area contributed by atoms with Crippen molar-refractivity contribution in [1.82, 2.24) is 4.90 Å². The molecule has 1 atom stereocenters. The van der Waals surface area contributed by atoms with Crippen molar-refractivity contribution in [3.8, 4) is 0 Å². The first kappa shape index (κ1) is 15.1. The number of halogens is 1. The third-order valence-electron chi connectivity index (χ3n) is 3.07. The maximum atomic E-state index is 13.4. The first-order chi connectivity index (χ1) is 8.43. The van der Waals surface area contributed by atoms with Crippen molar-refractivity contribution >= 4 is 17.2 Å². The predicted molar refractivity (Wildman–Crippen MR) is 78.1 cm³/mol. The quantitative estimate of drug-likeness (QED) is 0.804. The van der Waals surface area contributed by atoms with Crippen LogP contribution in [-0.4, -0.2) is 23.5 Å². The zero-order chi connectivity index (χ0) is 13.7. The van der Waals surface area contributed by atoms with Gasteiger partial charge in [-0.05, 0) is 30.7 Å². The lowest BCUT2D eigenvalue weighted by atomic mass is 10.1. The van der Waals surface area contributed by atoms with Crippen molar-refractivity contribution in [2.24, 2.45) is 11.7 Å². The summed E-state index contributed by atoms with van der Waals surface area (Å²) in [6.45, 7) is 6.21. The van der Waals surface area contributed by atoms with E-state index in [0.717, 1.165) is 25.1 Å². The lowest BCUT2D eigenvalue weighted by molar-refractivity contribution is 0.275. The number of rotatable bonds is 6. The molecule has 0 fully saturated rings. The fraction of sp³-hybridized carbons (Fsp3) is 0.500. The highest BCUT2D eigenvalue weighted by atomic mass is 32.1. The molecule has 0 bridgehead atoms. The molecule has 4 heteroatoms. The predicted octanol–water partition coefficient (Wildman–Crippen LogP) is 2.94. The maximum absolute atomic E-state index is 13.4. The minimum absolute atomic E-state index is 0.110. The van der Waals surface area contributed by atoms with E-state index in [1.54, 1.807) is 12.1 Å². The number of nitrogens with zero attached hydrogens (tertiary/aromatic N) is 1. The molecule has 1 aromatic carbocycles. The highest BCUT2D eigenvalue weighted by Gasteiger charge is 2.09. The molecule has 0 aliphatic heterocycles. The van der Waals surface area contributed by atoms with Crippen LogP contribution in [0.4, 0.5) is 4.39 Å². The minimum atomic E-state index is -0.351. The number of benzene rings is 1. The standard InChI is InChI=1S/C14H21FN2S/c1-4-10(2)8-17(3)9-11-5-6-13(15)12(7-11)14(16)18/h5-7,10H,4,8-9H2,1-3H3,(H2,16,18). The molecule has 0 aromatic heterocycles. The van der Waals surface area contributed by atoms with Gasteiger partial charge in [-0.2, -0.15) is 0 Å². The summed E-state index contributed by atoms with van der Waals surface area (Å²) in [6, 6.07) is 4.95. The zero-order valence-electron chi connectivity index (χ0n) is 11.2. The summed E-state index contributed by atoms with van der Waals surface area (Å²) in [5.74, 6) is 0.307. The largest absolute Gasteiger partial charge is 0.389 e. The lowest BCUT2D eigenvalue weighted by Gasteiger charge is -2.20. The molecule has 2 nitrogen and oxygen atoms in total. The van der Waals surface area contributed by atoms with Crippen LogP contribution in [0.5, 0.6) is 0 Å². The van der Waals surface area contributed by atoms with Gasteiger partial charge >= 0.3 is 0 Å². The SMILES string of the molecule is CCC(C)CN(C)Cc1ccc(F)c(C(N)=S)c1. The van der Waals surface area contributed by atoms with Crippen molar-refractivity contribution in [3.05, 3.63) is 35.1 Å². The number of nitrogens with two attached hydrogens (primary N) is 1.